The molecule has 1 amide bonds. The van der Waals surface area contributed by atoms with E-state index in [9.17, 15) is 9.59 Å². The molecule has 5 heteroatoms. The molecule has 0 unspecified atom stereocenters. The van der Waals surface area contributed by atoms with E-state index in [1.807, 2.05) is 4.90 Å². The van der Waals surface area contributed by atoms with Crippen LogP contribution in [0.4, 0.5) is 0 Å². The molecule has 2 aliphatic rings. The quantitative estimate of drug-likeness (QED) is 0.919. The van der Waals surface area contributed by atoms with E-state index in [1.165, 1.54) is 38.5 Å². The minimum atomic E-state index is -1.03. The van der Waals surface area contributed by atoms with Crippen molar-refractivity contribution in [3.8, 4) is 5.75 Å². The summed E-state index contributed by atoms with van der Waals surface area (Å²) in [5, 5.41) is 8.70. The number of carbonyl (C=O) groups is 2. The van der Waals surface area contributed by atoms with Gasteiger partial charge in [-0.05, 0) is 49.3 Å². The summed E-state index contributed by atoms with van der Waals surface area (Å²) >= 11 is 0. The van der Waals surface area contributed by atoms with E-state index in [0.717, 1.165) is 19.5 Å². The van der Waals surface area contributed by atoms with Gasteiger partial charge in [-0.3, -0.25) is 4.79 Å². The molecule has 5 nitrogen and oxygen atoms in total. The Kier molecular flexibility index (Phi) is 5.07. The second kappa shape index (κ2) is 7.24. The number of ether oxygens (including phenoxy) is 1. The molecule has 130 valence electrons. The lowest BCUT2D eigenvalue weighted by Gasteiger charge is -2.45. The summed E-state index contributed by atoms with van der Waals surface area (Å²) in [4.78, 5) is 25.5. The maximum atomic E-state index is 12.9. The van der Waals surface area contributed by atoms with Crippen LogP contribution >= 0.6 is 0 Å². The number of hydrogen-bond donors (Lipinski definition) is 1. The molecule has 0 atom stereocenters. The first kappa shape index (κ1) is 16.8. The molecule has 1 N–H and O–H groups in total. The van der Waals surface area contributed by atoms with Crippen LogP contribution in [0, 0.1) is 5.41 Å². The van der Waals surface area contributed by atoms with Crippen LogP contribution in [0.2, 0.25) is 0 Å². The molecule has 0 aromatic heterocycles. The van der Waals surface area contributed by atoms with Crippen LogP contribution in [-0.2, 0) is 4.79 Å². The molecule has 1 heterocycles. The maximum Gasteiger partial charge on any atom is 0.341 e. The zero-order chi connectivity index (χ0) is 17.0. The third kappa shape index (κ3) is 3.89. The van der Waals surface area contributed by atoms with Crippen LogP contribution < -0.4 is 4.74 Å². The van der Waals surface area contributed by atoms with Gasteiger partial charge in [0.1, 0.15) is 5.75 Å². The molecule has 1 aromatic carbocycles. The van der Waals surface area contributed by atoms with Gasteiger partial charge in [-0.1, -0.05) is 25.3 Å². The van der Waals surface area contributed by atoms with Gasteiger partial charge in [0.25, 0.3) is 5.91 Å². The molecule has 1 spiro atoms. The normalized spacial score (nSPS) is 19.9. The SMILES string of the molecule is O=C(O)COc1cccc(C(=O)N2CCCC3(CCCCC3)C2)c1. The Bertz CT molecular complexity index is 602. The molecule has 24 heavy (non-hydrogen) atoms. The highest BCUT2D eigenvalue weighted by molar-refractivity contribution is 5.94. The number of benzene rings is 1. The summed E-state index contributed by atoms with van der Waals surface area (Å²) < 4.78 is 5.19. The van der Waals surface area contributed by atoms with E-state index in [1.54, 1.807) is 24.3 Å². The zero-order valence-electron chi connectivity index (χ0n) is 14.0. The van der Waals surface area contributed by atoms with E-state index in [0.29, 0.717) is 16.7 Å². The van der Waals surface area contributed by atoms with Crippen molar-refractivity contribution >= 4 is 11.9 Å². The Balaban J connectivity index is 1.69. The molecule has 1 aliphatic carbocycles. The van der Waals surface area contributed by atoms with E-state index in [2.05, 4.69) is 0 Å². The van der Waals surface area contributed by atoms with Crippen LogP contribution in [0.15, 0.2) is 24.3 Å². The number of carboxylic acids is 1. The van der Waals surface area contributed by atoms with Gasteiger partial charge >= 0.3 is 5.97 Å². The van der Waals surface area contributed by atoms with Crippen molar-refractivity contribution in [3.63, 3.8) is 0 Å². The molecular formula is C19H25NO4. The smallest absolute Gasteiger partial charge is 0.341 e. The van der Waals surface area contributed by atoms with Crippen LogP contribution in [0.25, 0.3) is 0 Å². The fraction of sp³-hybridized carbons (Fsp3) is 0.579. The summed E-state index contributed by atoms with van der Waals surface area (Å²) in [5.74, 6) is -0.574. The largest absolute Gasteiger partial charge is 0.482 e. The number of likely N-dealkylation sites (tertiary alicyclic amines) is 1. The molecule has 1 aromatic rings. The van der Waals surface area contributed by atoms with Gasteiger partial charge in [-0.2, -0.15) is 0 Å². The first-order chi connectivity index (χ1) is 11.6. The van der Waals surface area contributed by atoms with Crippen molar-refractivity contribution in [3.05, 3.63) is 29.8 Å². The Morgan fingerprint density at radius 2 is 1.88 bits per heavy atom. The fourth-order valence-electron chi connectivity index (χ4n) is 4.14. The number of amides is 1. The number of piperidine rings is 1. The average Bonchev–Trinajstić information content (AvgIpc) is 2.60. The third-order valence-corrected chi connectivity index (χ3v) is 5.31. The highest BCUT2D eigenvalue weighted by Gasteiger charge is 2.38. The van der Waals surface area contributed by atoms with Crippen molar-refractivity contribution in [1.29, 1.82) is 0 Å². The lowest BCUT2D eigenvalue weighted by molar-refractivity contribution is -0.139. The topological polar surface area (TPSA) is 66.8 Å². The minimum Gasteiger partial charge on any atom is -0.482 e. The van der Waals surface area contributed by atoms with Crippen LogP contribution in [0.3, 0.4) is 0 Å². The van der Waals surface area contributed by atoms with Gasteiger partial charge < -0.3 is 14.7 Å². The van der Waals surface area contributed by atoms with Crippen molar-refractivity contribution < 1.29 is 19.4 Å². The highest BCUT2D eigenvalue weighted by Crippen LogP contribution is 2.43. The number of nitrogens with zero attached hydrogens (tertiary/aromatic N) is 1. The van der Waals surface area contributed by atoms with Crippen molar-refractivity contribution in [2.75, 3.05) is 19.7 Å². The molecule has 0 bridgehead atoms. The van der Waals surface area contributed by atoms with Gasteiger partial charge in [0.05, 0.1) is 0 Å². The number of carbonyl (C=O) groups excluding carboxylic acids is 1. The first-order valence-electron chi connectivity index (χ1n) is 8.82. The van der Waals surface area contributed by atoms with Gasteiger partial charge in [-0.15, -0.1) is 0 Å². The van der Waals surface area contributed by atoms with E-state index < -0.39 is 12.6 Å². The summed E-state index contributed by atoms with van der Waals surface area (Å²) in [7, 11) is 0. The summed E-state index contributed by atoms with van der Waals surface area (Å²) in [6.07, 6.45) is 8.65. The zero-order valence-corrected chi connectivity index (χ0v) is 14.0. The summed E-state index contributed by atoms with van der Waals surface area (Å²) in [6.45, 7) is 1.26. The summed E-state index contributed by atoms with van der Waals surface area (Å²) in [6, 6.07) is 6.84. The lowest BCUT2D eigenvalue weighted by Crippen LogP contribution is -2.46. The number of hydrogen-bond acceptors (Lipinski definition) is 3. The van der Waals surface area contributed by atoms with Gasteiger partial charge in [0.15, 0.2) is 6.61 Å². The number of aliphatic carboxylic acids is 1. The molecule has 0 radical (unpaired) electrons. The van der Waals surface area contributed by atoms with Gasteiger partial charge in [0.2, 0.25) is 0 Å². The fourth-order valence-corrected chi connectivity index (χ4v) is 4.14. The molecule has 2 fully saturated rings. The summed E-state index contributed by atoms with van der Waals surface area (Å²) in [5.41, 5.74) is 0.898. The maximum absolute atomic E-state index is 12.9. The molecule has 3 rings (SSSR count). The Hall–Kier alpha value is -2.04. The van der Waals surface area contributed by atoms with Crippen molar-refractivity contribution in [2.24, 2.45) is 5.41 Å². The van der Waals surface area contributed by atoms with E-state index in [-0.39, 0.29) is 5.91 Å². The molecular weight excluding hydrogens is 306 g/mol. The Morgan fingerprint density at radius 3 is 2.62 bits per heavy atom. The Labute approximate surface area is 142 Å². The molecule has 1 saturated heterocycles. The van der Waals surface area contributed by atoms with Crippen LogP contribution in [0.1, 0.15) is 55.3 Å². The lowest BCUT2D eigenvalue weighted by atomic mass is 9.69. The standard InChI is InChI=1S/C19H25NO4/c21-17(22)13-24-16-7-4-6-15(12-16)18(23)20-11-5-10-19(14-20)8-2-1-3-9-19/h4,6-7,12H,1-3,5,8-11,13-14H2,(H,21,22). The average molecular weight is 331 g/mol. The minimum absolute atomic E-state index is 0.0282. The predicted molar refractivity (Wildman–Crippen MR) is 90.2 cm³/mol. The van der Waals surface area contributed by atoms with Crippen LogP contribution in [-0.4, -0.2) is 41.6 Å². The van der Waals surface area contributed by atoms with Gasteiger partial charge in [-0.25, -0.2) is 4.79 Å². The third-order valence-electron chi connectivity index (χ3n) is 5.31. The predicted octanol–water partition coefficient (Wildman–Crippen LogP) is 3.34. The van der Waals surface area contributed by atoms with Gasteiger partial charge in [0, 0.05) is 18.7 Å². The molecule has 1 saturated carbocycles. The Morgan fingerprint density at radius 1 is 1.12 bits per heavy atom. The molecule has 1 aliphatic heterocycles. The van der Waals surface area contributed by atoms with Crippen molar-refractivity contribution in [2.45, 2.75) is 44.9 Å². The second-order valence-corrected chi connectivity index (χ2v) is 7.10. The second-order valence-electron chi connectivity index (χ2n) is 7.10. The monoisotopic (exact) mass is 331 g/mol. The number of carboxylic acid groups (broad SMARTS) is 1. The number of rotatable bonds is 4. The highest BCUT2D eigenvalue weighted by atomic mass is 16.5. The van der Waals surface area contributed by atoms with Crippen molar-refractivity contribution in [1.82, 2.24) is 4.90 Å². The van der Waals surface area contributed by atoms with E-state index >= 15 is 0 Å². The van der Waals surface area contributed by atoms with Crippen LogP contribution in [0.5, 0.6) is 5.75 Å². The first-order valence-corrected chi connectivity index (χ1v) is 8.82. The van der Waals surface area contributed by atoms with E-state index in [4.69, 9.17) is 9.84 Å².